The Hall–Kier alpha value is -1.32. The van der Waals surface area contributed by atoms with Crippen LogP contribution in [-0.2, 0) is 0 Å². The highest BCUT2D eigenvalue weighted by Crippen LogP contribution is 2.31. The molecule has 0 atom stereocenters. The van der Waals surface area contributed by atoms with E-state index in [2.05, 4.69) is 16.0 Å². The Kier molecular flexibility index (Phi) is 2.25. The van der Waals surface area contributed by atoms with E-state index in [1.807, 2.05) is 21.1 Å². The Morgan fingerprint density at radius 3 is 2.27 bits per heavy atom. The van der Waals surface area contributed by atoms with Gasteiger partial charge in [-0.05, 0) is 0 Å². The molecule has 0 amide bonds. The normalized spacial score (nSPS) is 9.36. The van der Waals surface area contributed by atoms with E-state index in [4.69, 9.17) is 4.42 Å². The molecule has 0 bridgehead atoms. The van der Waals surface area contributed by atoms with Crippen molar-refractivity contribution in [2.24, 2.45) is 0 Å². The van der Waals surface area contributed by atoms with Crippen molar-refractivity contribution in [3.05, 3.63) is 6.26 Å². The van der Waals surface area contributed by atoms with E-state index in [0.29, 0.717) is 0 Å². The Morgan fingerprint density at radius 2 is 1.82 bits per heavy atom. The largest absolute Gasteiger partial charge is 0.445 e. The van der Waals surface area contributed by atoms with Gasteiger partial charge in [-0.1, -0.05) is 0 Å². The van der Waals surface area contributed by atoms with Gasteiger partial charge in [-0.3, -0.25) is 0 Å². The van der Waals surface area contributed by atoms with Crippen molar-refractivity contribution in [2.45, 2.75) is 0 Å². The molecule has 0 saturated heterocycles. The van der Waals surface area contributed by atoms with E-state index in [9.17, 15) is 0 Å². The second-order valence-corrected chi connectivity index (χ2v) is 2.10. The predicted octanol–water partition coefficient (Wildman–Crippen LogP) is 1.40. The molecule has 0 aliphatic heterocycles. The number of furan rings is 1. The summed E-state index contributed by atoms with van der Waals surface area (Å²) in [7, 11) is 5.52. The second-order valence-electron chi connectivity index (χ2n) is 2.10. The Morgan fingerprint density at radius 1 is 1.09 bits per heavy atom. The predicted molar refractivity (Wildman–Crippen MR) is 47.3 cm³/mol. The van der Waals surface area contributed by atoms with Gasteiger partial charge >= 0.3 is 0 Å². The van der Waals surface area contributed by atoms with Gasteiger partial charge in [0.05, 0.1) is 5.69 Å². The fourth-order valence-corrected chi connectivity index (χ4v) is 0.974. The average molecular weight is 155 g/mol. The van der Waals surface area contributed by atoms with Crippen molar-refractivity contribution in [3.8, 4) is 0 Å². The molecule has 62 valence electrons. The monoisotopic (exact) mass is 155 g/mol. The molecule has 0 fully saturated rings. The Labute approximate surface area is 66.0 Å². The maximum Gasteiger partial charge on any atom is 0.218 e. The van der Waals surface area contributed by atoms with Gasteiger partial charge in [-0.15, -0.1) is 0 Å². The molecule has 0 radical (unpaired) electrons. The zero-order valence-corrected chi connectivity index (χ0v) is 6.99. The summed E-state index contributed by atoms with van der Waals surface area (Å²) >= 11 is 0. The van der Waals surface area contributed by atoms with Crippen LogP contribution in [0.4, 0.5) is 17.3 Å². The lowest BCUT2D eigenvalue weighted by Gasteiger charge is -2.02. The zero-order chi connectivity index (χ0) is 8.27. The minimum Gasteiger partial charge on any atom is -0.445 e. The van der Waals surface area contributed by atoms with Gasteiger partial charge in [0, 0.05) is 21.1 Å². The van der Waals surface area contributed by atoms with Crippen molar-refractivity contribution >= 4 is 17.3 Å². The summed E-state index contributed by atoms with van der Waals surface area (Å²) in [5, 5.41) is 8.96. The molecule has 0 unspecified atom stereocenters. The van der Waals surface area contributed by atoms with Crippen LogP contribution in [0.2, 0.25) is 0 Å². The van der Waals surface area contributed by atoms with E-state index < -0.39 is 0 Å². The van der Waals surface area contributed by atoms with E-state index >= 15 is 0 Å². The molecule has 4 nitrogen and oxygen atoms in total. The van der Waals surface area contributed by atoms with Crippen molar-refractivity contribution < 1.29 is 4.42 Å². The summed E-state index contributed by atoms with van der Waals surface area (Å²) in [5.41, 5.74) is 1.91. The molecule has 0 aliphatic rings. The maximum absolute atomic E-state index is 5.19. The summed E-state index contributed by atoms with van der Waals surface area (Å²) in [6.07, 6.45) is 1.66. The molecule has 1 heterocycles. The fraction of sp³-hybridized carbons (Fsp3) is 0.429. The number of anilines is 3. The van der Waals surface area contributed by atoms with Crippen LogP contribution >= 0.6 is 0 Å². The first-order valence-corrected chi connectivity index (χ1v) is 3.48. The van der Waals surface area contributed by atoms with Gasteiger partial charge in [0.15, 0.2) is 0 Å². The summed E-state index contributed by atoms with van der Waals surface area (Å²) in [6, 6.07) is 0. The average Bonchev–Trinajstić information content (AvgIpc) is 2.45. The standard InChI is InChI=1S/C7H13N3O/c1-8-5-4-11-7(10-3)6(5)9-2/h4,8-10H,1-3H3. The van der Waals surface area contributed by atoms with Crippen LogP contribution in [0.3, 0.4) is 0 Å². The lowest BCUT2D eigenvalue weighted by molar-refractivity contribution is 0.584. The zero-order valence-electron chi connectivity index (χ0n) is 6.99. The molecule has 1 rings (SSSR count). The van der Waals surface area contributed by atoms with Crippen LogP contribution in [0.5, 0.6) is 0 Å². The van der Waals surface area contributed by atoms with Gasteiger partial charge < -0.3 is 20.4 Å². The summed E-state index contributed by atoms with van der Waals surface area (Å²) < 4.78 is 5.19. The highest BCUT2D eigenvalue weighted by molar-refractivity contribution is 5.78. The molecule has 0 aromatic carbocycles. The van der Waals surface area contributed by atoms with E-state index in [1.165, 1.54) is 0 Å². The second kappa shape index (κ2) is 3.18. The third kappa shape index (κ3) is 1.24. The summed E-state index contributed by atoms with van der Waals surface area (Å²) in [6.45, 7) is 0. The highest BCUT2D eigenvalue weighted by Gasteiger charge is 2.08. The summed E-state index contributed by atoms with van der Waals surface area (Å²) in [5.74, 6) is 0.747. The fourth-order valence-electron chi connectivity index (χ4n) is 0.974. The van der Waals surface area contributed by atoms with Crippen molar-refractivity contribution in [2.75, 3.05) is 37.1 Å². The van der Waals surface area contributed by atoms with Crippen molar-refractivity contribution in [1.29, 1.82) is 0 Å². The number of hydrogen-bond acceptors (Lipinski definition) is 4. The smallest absolute Gasteiger partial charge is 0.218 e. The first-order valence-electron chi connectivity index (χ1n) is 3.48. The molecule has 1 aromatic rings. The van der Waals surface area contributed by atoms with Gasteiger partial charge in [0.2, 0.25) is 5.88 Å². The molecular weight excluding hydrogens is 142 g/mol. The first-order chi connectivity index (χ1) is 5.33. The van der Waals surface area contributed by atoms with E-state index in [0.717, 1.165) is 17.3 Å². The lowest BCUT2D eigenvalue weighted by atomic mass is 10.4. The van der Waals surface area contributed by atoms with Gasteiger partial charge in [0.25, 0.3) is 0 Å². The van der Waals surface area contributed by atoms with Crippen LogP contribution in [-0.4, -0.2) is 21.1 Å². The number of hydrogen-bond donors (Lipinski definition) is 3. The lowest BCUT2D eigenvalue weighted by Crippen LogP contribution is -1.96. The molecule has 4 heteroatoms. The number of nitrogens with one attached hydrogen (secondary N) is 3. The van der Waals surface area contributed by atoms with Crippen LogP contribution in [0, 0.1) is 0 Å². The SMILES string of the molecule is CNc1coc(NC)c1NC. The van der Waals surface area contributed by atoms with Crippen molar-refractivity contribution in [1.82, 2.24) is 0 Å². The van der Waals surface area contributed by atoms with Gasteiger partial charge in [0.1, 0.15) is 12.0 Å². The van der Waals surface area contributed by atoms with E-state index in [-0.39, 0.29) is 0 Å². The topological polar surface area (TPSA) is 49.2 Å². The molecule has 11 heavy (non-hydrogen) atoms. The maximum atomic E-state index is 5.19. The minimum absolute atomic E-state index is 0.747. The first kappa shape index (κ1) is 7.78. The van der Waals surface area contributed by atoms with Gasteiger partial charge in [-0.25, -0.2) is 0 Å². The molecule has 3 N–H and O–H groups in total. The molecule has 0 aliphatic carbocycles. The van der Waals surface area contributed by atoms with Crippen LogP contribution in [0.1, 0.15) is 0 Å². The highest BCUT2D eigenvalue weighted by atomic mass is 16.3. The van der Waals surface area contributed by atoms with Crippen molar-refractivity contribution in [3.63, 3.8) is 0 Å². The molecular formula is C7H13N3O. The molecule has 0 spiro atoms. The Bertz CT molecular complexity index is 210. The van der Waals surface area contributed by atoms with Gasteiger partial charge in [-0.2, -0.15) is 0 Å². The number of rotatable bonds is 3. The summed E-state index contributed by atoms with van der Waals surface area (Å²) in [4.78, 5) is 0. The molecule has 0 saturated carbocycles. The van der Waals surface area contributed by atoms with Crippen LogP contribution in [0.25, 0.3) is 0 Å². The van der Waals surface area contributed by atoms with Crippen LogP contribution in [0.15, 0.2) is 10.7 Å². The third-order valence-corrected chi connectivity index (χ3v) is 1.54. The minimum atomic E-state index is 0.747. The molecule has 1 aromatic heterocycles. The quantitative estimate of drug-likeness (QED) is 0.617. The third-order valence-electron chi connectivity index (χ3n) is 1.54. The van der Waals surface area contributed by atoms with E-state index in [1.54, 1.807) is 6.26 Å². The van der Waals surface area contributed by atoms with Crippen LogP contribution < -0.4 is 16.0 Å². The Balaban J connectivity index is 2.99.